The molecule has 1 N–H and O–H groups in total. The quantitative estimate of drug-likeness (QED) is 0.873. The zero-order valence-corrected chi connectivity index (χ0v) is 10.7. The van der Waals surface area contributed by atoms with Crippen molar-refractivity contribution >= 4 is 5.69 Å². The summed E-state index contributed by atoms with van der Waals surface area (Å²) in [5, 5.41) is 9.52. The Bertz CT molecular complexity index is 403. The fourth-order valence-electron chi connectivity index (χ4n) is 2.65. The second kappa shape index (κ2) is 4.65. The minimum atomic E-state index is -0.344. The summed E-state index contributed by atoms with van der Waals surface area (Å²) in [5.74, 6) is 0.0491. The summed E-state index contributed by atoms with van der Waals surface area (Å²) < 4.78 is 13.3. The first-order valence-corrected chi connectivity index (χ1v) is 6.23. The van der Waals surface area contributed by atoms with Crippen molar-refractivity contribution in [3.63, 3.8) is 0 Å². The summed E-state index contributed by atoms with van der Waals surface area (Å²) in [6.07, 6.45) is 0.350. The van der Waals surface area contributed by atoms with E-state index in [4.69, 9.17) is 0 Å². The number of hydrogen-bond acceptors (Lipinski definition) is 2. The Morgan fingerprint density at radius 3 is 2.71 bits per heavy atom. The topological polar surface area (TPSA) is 23.5 Å². The zero-order chi connectivity index (χ0) is 12.6. The lowest BCUT2D eigenvalue weighted by atomic mass is 9.95. The Morgan fingerprint density at radius 1 is 1.41 bits per heavy atom. The van der Waals surface area contributed by atoms with Gasteiger partial charge in [-0.2, -0.15) is 0 Å². The maximum atomic E-state index is 13.3. The van der Waals surface area contributed by atoms with Crippen LogP contribution in [0, 0.1) is 5.82 Å². The Balaban J connectivity index is 2.34. The lowest BCUT2D eigenvalue weighted by molar-refractivity contribution is 0.176. The van der Waals surface area contributed by atoms with Crippen LogP contribution in [-0.4, -0.2) is 23.8 Å². The van der Waals surface area contributed by atoms with E-state index in [9.17, 15) is 9.50 Å². The number of anilines is 1. The molecular weight excluding hydrogens is 217 g/mol. The molecule has 2 nitrogen and oxygen atoms in total. The van der Waals surface area contributed by atoms with Crippen LogP contribution in [0.2, 0.25) is 0 Å². The second-order valence-electron chi connectivity index (χ2n) is 5.23. The van der Waals surface area contributed by atoms with Gasteiger partial charge in [0.15, 0.2) is 0 Å². The van der Waals surface area contributed by atoms with Crippen molar-refractivity contribution in [2.75, 3.05) is 11.4 Å². The van der Waals surface area contributed by atoms with Gasteiger partial charge >= 0.3 is 0 Å². The molecule has 2 unspecified atom stereocenters. The van der Waals surface area contributed by atoms with E-state index in [2.05, 4.69) is 18.7 Å². The molecular formula is C14H20FNO. The van der Waals surface area contributed by atoms with Gasteiger partial charge in [-0.3, -0.25) is 0 Å². The molecule has 0 fully saturated rings. The Hall–Kier alpha value is -1.09. The summed E-state index contributed by atoms with van der Waals surface area (Å²) >= 11 is 0. The average Bonchev–Trinajstić information content (AvgIpc) is 2.56. The number of fused-ring (bicyclic) bond motifs is 1. The van der Waals surface area contributed by atoms with Crippen LogP contribution in [-0.2, 0) is 0 Å². The highest BCUT2D eigenvalue weighted by Gasteiger charge is 2.30. The van der Waals surface area contributed by atoms with E-state index < -0.39 is 0 Å². The van der Waals surface area contributed by atoms with Crippen LogP contribution in [0.5, 0.6) is 0 Å². The fraction of sp³-hybridized carbons (Fsp3) is 0.571. The monoisotopic (exact) mass is 237 g/mol. The molecule has 2 atom stereocenters. The minimum Gasteiger partial charge on any atom is -0.393 e. The summed E-state index contributed by atoms with van der Waals surface area (Å²) in [6.45, 7) is 6.94. The SMILES string of the molecule is CC(O)CC1CN(C(C)C)c2ccc(F)cc21. The number of benzene rings is 1. The Morgan fingerprint density at radius 2 is 2.12 bits per heavy atom. The summed E-state index contributed by atoms with van der Waals surface area (Å²) in [6, 6.07) is 5.38. The number of halogens is 1. The van der Waals surface area contributed by atoms with Crippen molar-refractivity contribution in [1.82, 2.24) is 0 Å². The van der Waals surface area contributed by atoms with Crippen molar-refractivity contribution in [2.45, 2.75) is 45.3 Å². The highest BCUT2D eigenvalue weighted by molar-refractivity contribution is 5.60. The fourth-order valence-corrected chi connectivity index (χ4v) is 2.65. The third-order valence-corrected chi connectivity index (χ3v) is 3.40. The van der Waals surface area contributed by atoms with Gasteiger partial charge in [0.2, 0.25) is 0 Å². The predicted molar refractivity (Wildman–Crippen MR) is 67.9 cm³/mol. The van der Waals surface area contributed by atoms with Gasteiger partial charge in [0.25, 0.3) is 0 Å². The Labute approximate surface area is 102 Å². The minimum absolute atomic E-state index is 0.190. The zero-order valence-electron chi connectivity index (χ0n) is 10.7. The molecule has 0 amide bonds. The number of rotatable bonds is 3. The van der Waals surface area contributed by atoms with Gasteiger partial charge in [0, 0.05) is 24.2 Å². The van der Waals surface area contributed by atoms with E-state index in [1.807, 2.05) is 6.07 Å². The molecule has 1 heterocycles. The average molecular weight is 237 g/mol. The molecule has 0 saturated heterocycles. The lowest BCUT2D eigenvalue weighted by Gasteiger charge is -2.24. The van der Waals surface area contributed by atoms with Crippen molar-refractivity contribution in [3.05, 3.63) is 29.6 Å². The van der Waals surface area contributed by atoms with Crippen LogP contribution in [0.3, 0.4) is 0 Å². The van der Waals surface area contributed by atoms with Crippen LogP contribution in [0.15, 0.2) is 18.2 Å². The first-order chi connectivity index (χ1) is 7.99. The second-order valence-corrected chi connectivity index (χ2v) is 5.23. The van der Waals surface area contributed by atoms with Crippen molar-refractivity contribution in [2.24, 2.45) is 0 Å². The predicted octanol–water partition coefficient (Wildman–Crippen LogP) is 2.91. The molecule has 3 heteroatoms. The van der Waals surface area contributed by atoms with Crippen LogP contribution < -0.4 is 4.90 Å². The highest BCUT2D eigenvalue weighted by atomic mass is 19.1. The third-order valence-electron chi connectivity index (χ3n) is 3.40. The molecule has 0 spiro atoms. The molecule has 0 radical (unpaired) electrons. The van der Waals surface area contributed by atoms with Crippen LogP contribution in [0.1, 0.15) is 38.7 Å². The molecule has 0 saturated carbocycles. The van der Waals surface area contributed by atoms with E-state index in [1.165, 1.54) is 6.07 Å². The van der Waals surface area contributed by atoms with Crippen molar-refractivity contribution in [1.29, 1.82) is 0 Å². The molecule has 1 aromatic carbocycles. The van der Waals surface area contributed by atoms with Gasteiger partial charge in [-0.05, 0) is 51.0 Å². The van der Waals surface area contributed by atoms with Gasteiger partial charge in [0.05, 0.1) is 6.10 Å². The number of nitrogens with zero attached hydrogens (tertiary/aromatic N) is 1. The van der Waals surface area contributed by atoms with Gasteiger partial charge in [-0.25, -0.2) is 4.39 Å². The maximum absolute atomic E-state index is 13.3. The van der Waals surface area contributed by atoms with Gasteiger partial charge < -0.3 is 10.0 Å². The van der Waals surface area contributed by atoms with E-state index in [0.29, 0.717) is 12.5 Å². The molecule has 2 rings (SSSR count). The molecule has 1 aliphatic heterocycles. The molecule has 94 valence electrons. The third kappa shape index (κ3) is 2.44. The highest BCUT2D eigenvalue weighted by Crippen LogP contribution is 2.40. The summed E-state index contributed by atoms with van der Waals surface area (Å²) in [5.41, 5.74) is 2.16. The number of aliphatic hydroxyl groups excluding tert-OH is 1. The maximum Gasteiger partial charge on any atom is 0.123 e. The molecule has 17 heavy (non-hydrogen) atoms. The molecule has 0 bridgehead atoms. The van der Waals surface area contributed by atoms with Crippen molar-refractivity contribution in [3.8, 4) is 0 Å². The summed E-state index contributed by atoms with van der Waals surface area (Å²) in [4.78, 5) is 2.28. The van der Waals surface area contributed by atoms with E-state index in [1.54, 1.807) is 13.0 Å². The molecule has 1 aromatic rings. The van der Waals surface area contributed by atoms with Gasteiger partial charge in [0.1, 0.15) is 5.82 Å². The number of aliphatic hydroxyl groups is 1. The largest absolute Gasteiger partial charge is 0.393 e. The van der Waals surface area contributed by atoms with E-state index in [0.717, 1.165) is 17.8 Å². The first-order valence-electron chi connectivity index (χ1n) is 6.23. The first kappa shape index (κ1) is 12.4. The van der Waals surface area contributed by atoms with Crippen LogP contribution >= 0.6 is 0 Å². The Kier molecular flexibility index (Phi) is 3.38. The normalized spacial score (nSPS) is 20.8. The molecule has 0 aromatic heterocycles. The van der Waals surface area contributed by atoms with Crippen LogP contribution in [0.25, 0.3) is 0 Å². The van der Waals surface area contributed by atoms with Gasteiger partial charge in [-0.15, -0.1) is 0 Å². The van der Waals surface area contributed by atoms with E-state index in [-0.39, 0.29) is 17.8 Å². The standard InChI is InChI=1S/C14H20FNO/c1-9(2)16-8-11(6-10(3)17)13-7-12(15)4-5-14(13)16/h4-5,7,9-11,17H,6,8H2,1-3H3. The summed E-state index contributed by atoms with van der Waals surface area (Å²) in [7, 11) is 0. The number of hydrogen-bond donors (Lipinski definition) is 1. The molecule has 1 aliphatic rings. The van der Waals surface area contributed by atoms with E-state index >= 15 is 0 Å². The smallest absolute Gasteiger partial charge is 0.123 e. The lowest BCUT2D eigenvalue weighted by Crippen LogP contribution is -2.29. The molecule has 0 aliphatic carbocycles. The van der Waals surface area contributed by atoms with Gasteiger partial charge in [-0.1, -0.05) is 0 Å². The van der Waals surface area contributed by atoms with Crippen LogP contribution in [0.4, 0.5) is 10.1 Å². The van der Waals surface area contributed by atoms with Crippen molar-refractivity contribution < 1.29 is 9.50 Å².